The number of halogens is 1. The number of rotatable bonds is 3. The number of hydrogen-bond donors (Lipinski definition) is 1. The summed E-state index contributed by atoms with van der Waals surface area (Å²) in [6, 6.07) is 5.06. The summed E-state index contributed by atoms with van der Waals surface area (Å²) in [6.45, 7) is 3.49. The summed E-state index contributed by atoms with van der Waals surface area (Å²) in [5.74, 6) is 0.622. The zero-order chi connectivity index (χ0) is 10.8. The predicted molar refractivity (Wildman–Crippen MR) is 58.1 cm³/mol. The second kappa shape index (κ2) is 3.98. The first-order valence-corrected chi connectivity index (χ1v) is 5.06. The number of nitrogens with zero attached hydrogens (tertiary/aromatic N) is 2. The molecule has 1 aromatic carbocycles. The van der Waals surface area contributed by atoms with Crippen molar-refractivity contribution in [2.75, 3.05) is 7.05 Å². The first kappa shape index (κ1) is 10.1. The molecule has 0 atom stereocenters. The SMILES string of the molecule is CCn1c(CNC)nc2c(F)cccc21. The van der Waals surface area contributed by atoms with E-state index in [1.54, 1.807) is 6.07 Å². The van der Waals surface area contributed by atoms with E-state index in [1.165, 1.54) is 6.07 Å². The fourth-order valence-corrected chi connectivity index (χ4v) is 1.81. The van der Waals surface area contributed by atoms with E-state index < -0.39 is 0 Å². The van der Waals surface area contributed by atoms with Crippen molar-refractivity contribution in [1.82, 2.24) is 14.9 Å². The number of imidazole rings is 1. The fraction of sp³-hybridized carbons (Fsp3) is 0.364. The zero-order valence-electron chi connectivity index (χ0n) is 8.92. The van der Waals surface area contributed by atoms with Gasteiger partial charge in [0.15, 0.2) is 5.82 Å². The molecule has 0 bridgehead atoms. The van der Waals surface area contributed by atoms with Gasteiger partial charge < -0.3 is 9.88 Å². The highest BCUT2D eigenvalue weighted by Crippen LogP contribution is 2.18. The maximum atomic E-state index is 13.5. The van der Waals surface area contributed by atoms with Crippen LogP contribution in [0, 0.1) is 5.82 Å². The lowest BCUT2D eigenvalue weighted by atomic mass is 10.3. The predicted octanol–water partition coefficient (Wildman–Crippen LogP) is 1.91. The molecule has 1 aromatic heterocycles. The van der Waals surface area contributed by atoms with E-state index >= 15 is 0 Å². The number of hydrogen-bond acceptors (Lipinski definition) is 2. The van der Waals surface area contributed by atoms with Gasteiger partial charge in [-0.1, -0.05) is 6.07 Å². The van der Waals surface area contributed by atoms with E-state index in [1.807, 2.05) is 24.6 Å². The molecule has 0 saturated heterocycles. The van der Waals surface area contributed by atoms with E-state index in [-0.39, 0.29) is 5.82 Å². The van der Waals surface area contributed by atoms with Gasteiger partial charge in [-0.2, -0.15) is 0 Å². The normalized spacial score (nSPS) is 11.1. The van der Waals surface area contributed by atoms with Crippen molar-refractivity contribution in [1.29, 1.82) is 0 Å². The van der Waals surface area contributed by atoms with E-state index in [2.05, 4.69) is 10.3 Å². The minimum atomic E-state index is -0.253. The van der Waals surface area contributed by atoms with Gasteiger partial charge in [0.05, 0.1) is 12.1 Å². The molecule has 1 N–H and O–H groups in total. The molecule has 2 aromatic rings. The van der Waals surface area contributed by atoms with E-state index in [0.29, 0.717) is 12.1 Å². The van der Waals surface area contributed by atoms with Crippen LogP contribution in [-0.4, -0.2) is 16.6 Å². The number of benzene rings is 1. The standard InChI is InChI=1S/C11H14FN3/c1-3-15-9-6-4-5-8(12)11(9)14-10(15)7-13-2/h4-6,13H,3,7H2,1-2H3. The fourth-order valence-electron chi connectivity index (χ4n) is 1.81. The Balaban J connectivity index is 2.67. The average Bonchev–Trinajstić information content (AvgIpc) is 2.58. The van der Waals surface area contributed by atoms with Gasteiger partial charge in [0.25, 0.3) is 0 Å². The number of aryl methyl sites for hydroxylation is 1. The Labute approximate surface area is 87.9 Å². The van der Waals surface area contributed by atoms with Gasteiger partial charge >= 0.3 is 0 Å². The molecule has 80 valence electrons. The van der Waals surface area contributed by atoms with Crippen molar-refractivity contribution in [2.45, 2.75) is 20.0 Å². The molecule has 0 amide bonds. The van der Waals surface area contributed by atoms with Crippen molar-refractivity contribution in [2.24, 2.45) is 0 Å². The third kappa shape index (κ3) is 1.61. The molecule has 0 unspecified atom stereocenters. The molecule has 2 rings (SSSR count). The van der Waals surface area contributed by atoms with Gasteiger partial charge in [-0.25, -0.2) is 9.37 Å². The number of nitrogens with one attached hydrogen (secondary N) is 1. The molecule has 1 heterocycles. The van der Waals surface area contributed by atoms with Crippen LogP contribution in [0.5, 0.6) is 0 Å². The van der Waals surface area contributed by atoms with Crippen LogP contribution in [0.4, 0.5) is 4.39 Å². The maximum absolute atomic E-state index is 13.5. The monoisotopic (exact) mass is 207 g/mol. The number of para-hydroxylation sites is 1. The second-order valence-corrected chi connectivity index (χ2v) is 3.41. The first-order valence-electron chi connectivity index (χ1n) is 5.06. The van der Waals surface area contributed by atoms with Crippen LogP contribution >= 0.6 is 0 Å². The topological polar surface area (TPSA) is 29.9 Å². The third-order valence-electron chi connectivity index (χ3n) is 2.46. The zero-order valence-corrected chi connectivity index (χ0v) is 8.92. The minimum Gasteiger partial charge on any atom is -0.327 e. The van der Waals surface area contributed by atoms with Crippen LogP contribution in [0.15, 0.2) is 18.2 Å². The molecule has 0 fully saturated rings. The summed E-state index contributed by atoms with van der Waals surface area (Å²) in [6.07, 6.45) is 0. The molecular weight excluding hydrogens is 193 g/mol. The first-order chi connectivity index (χ1) is 7.27. The molecule has 0 saturated carbocycles. The van der Waals surface area contributed by atoms with E-state index in [9.17, 15) is 4.39 Å². The molecule has 3 nitrogen and oxygen atoms in total. The Bertz CT molecular complexity index is 476. The smallest absolute Gasteiger partial charge is 0.151 e. The van der Waals surface area contributed by atoms with Gasteiger partial charge in [-0.15, -0.1) is 0 Å². The number of fused-ring (bicyclic) bond motifs is 1. The van der Waals surface area contributed by atoms with Gasteiger partial charge in [0.1, 0.15) is 11.3 Å². The highest BCUT2D eigenvalue weighted by molar-refractivity contribution is 5.76. The number of aromatic nitrogens is 2. The lowest BCUT2D eigenvalue weighted by molar-refractivity contribution is 0.636. The lowest BCUT2D eigenvalue weighted by Gasteiger charge is -2.04. The quantitative estimate of drug-likeness (QED) is 0.833. The largest absolute Gasteiger partial charge is 0.327 e. The van der Waals surface area contributed by atoms with Crippen LogP contribution < -0.4 is 5.32 Å². The molecule has 0 radical (unpaired) electrons. The molecule has 15 heavy (non-hydrogen) atoms. The molecule has 0 spiro atoms. The minimum absolute atomic E-state index is 0.253. The lowest BCUT2D eigenvalue weighted by Crippen LogP contribution is -2.11. The second-order valence-electron chi connectivity index (χ2n) is 3.41. The molecule has 0 aliphatic carbocycles. The van der Waals surface area contributed by atoms with Crippen LogP contribution in [0.25, 0.3) is 11.0 Å². The summed E-state index contributed by atoms with van der Waals surface area (Å²) >= 11 is 0. The molecule has 0 aliphatic heterocycles. The summed E-state index contributed by atoms with van der Waals surface area (Å²) in [5.41, 5.74) is 1.33. The van der Waals surface area contributed by atoms with Gasteiger partial charge in [-0.3, -0.25) is 0 Å². The molecular formula is C11H14FN3. The van der Waals surface area contributed by atoms with E-state index in [4.69, 9.17) is 0 Å². The maximum Gasteiger partial charge on any atom is 0.151 e. The highest BCUT2D eigenvalue weighted by atomic mass is 19.1. The van der Waals surface area contributed by atoms with Crippen LogP contribution in [0.3, 0.4) is 0 Å². The van der Waals surface area contributed by atoms with Crippen LogP contribution in [0.2, 0.25) is 0 Å². The summed E-state index contributed by atoms with van der Waals surface area (Å²) in [7, 11) is 1.86. The average molecular weight is 207 g/mol. The Morgan fingerprint density at radius 3 is 2.93 bits per heavy atom. The van der Waals surface area contributed by atoms with Crippen molar-refractivity contribution < 1.29 is 4.39 Å². The van der Waals surface area contributed by atoms with Crippen molar-refractivity contribution >= 4 is 11.0 Å². The van der Waals surface area contributed by atoms with Gasteiger partial charge in [0, 0.05) is 6.54 Å². The van der Waals surface area contributed by atoms with Gasteiger partial charge in [0.2, 0.25) is 0 Å². The Morgan fingerprint density at radius 2 is 2.27 bits per heavy atom. The summed E-state index contributed by atoms with van der Waals surface area (Å²) in [5, 5.41) is 3.03. The Hall–Kier alpha value is -1.42. The summed E-state index contributed by atoms with van der Waals surface area (Å²) < 4.78 is 15.5. The Morgan fingerprint density at radius 1 is 1.47 bits per heavy atom. The van der Waals surface area contributed by atoms with E-state index in [0.717, 1.165) is 17.9 Å². The van der Waals surface area contributed by atoms with Crippen molar-refractivity contribution in [3.63, 3.8) is 0 Å². The molecule has 0 aliphatic rings. The van der Waals surface area contributed by atoms with Crippen LogP contribution in [-0.2, 0) is 13.1 Å². The van der Waals surface area contributed by atoms with Crippen LogP contribution in [0.1, 0.15) is 12.7 Å². The highest BCUT2D eigenvalue weighted by Gasteiger charge is 2.11. The third-order valence-corrected chi connectivity index (χ3v) is 2.46. The van der Waals surface area contributed by atoms with Crippen molar-refractivity contribution in [3.05, 3.63) is 29.8 Å². The summed E-state index contributed by atoms with van der Waals surface area (Å²) in [4.78, 5) is 4.30. The molecule has 4 heteroatoms. The Kier molecular flexibility index (Phi) is 2.68. The van der Waals surface area contributed by atoms with Crippen molar-refractivity contribution in [3.8, 4) is 0 Å². The van der Waals surface area contributed by atoms with Gasteiger partial charge in [-0.05, 0) is 26.1 Å².